The SMILES string of the molecule is Cc1ccc2c(c1)N1C(=O)OC[C@@H]1CCN(C)C2. The summed E-state index contributed by atoms with van der Waals surface area (Å²) in [6.07, 6.45) is 0.770. The van der Waals surface area contributed by atoms with Gasteiger partial charge in [-0.2, -0.15) is 0 Å². The lowest BCUT2D eigenvalue weighted by Crippen LogP contribution is -2.39. The number of cyclic esters (lactones) is 1. The highest BCUT2D eigenvalue weighted by Gasteiger charge is 2.36. The molecule has 2 aliphatic heterocycles. The molecule has 1 amide bonds. The first-order chi connectivity index (χ1) is 8.65. The molecule has 18 heavy (non-hydrogen) atoms. The molecule has 4 nitrogen and oxygen atoms in total. The Morgan fingerprint density at radius 1 is 1.39 bits per heavy atom. The van der Waals surface area contributed by atoms with Crippen molar-refractivity contribution in [1.82, 2.24) is 4.90 Å². The molecule has 0 aromatic heterocycles. The van der Waals surface area contributed by atoms with E-state index in [1.165, 1.54) is 11.1 Å². The molecule has 2 aliphatic rings. The van der Waals surface area contributed by atoms with Gasteiger partial charge in [0, 0.05) is 13.1 Å². The van der Waals surface area contributed by atoms with E-state index in [2.05, 4.69) is 37.1 Å². The van der Waals surface area contributed by atoms with Crippen LogP contribution in [0.3, 0.4) is 0 Å². The number of rotatable bonds is 0. The molecular weight excluding hydrogens is 228 g/mol. The number of carbonyl (C=O) groups is 1. The van der Waals surface area contributed by atoms with Crippen LogP contribution in [0, 0.1) is 6.92 Å². The highest BCUT2D eigenvalue weighted by molar-refractivity contribution is 5.91. The molecule has 0 bridgehead atoms. The summed E-state index contributed by atoms with van der Waals surface area (Å²) in [6, 6.07) is 6.49. The van der Waals surface area contributed by atoms with Crippen molar-refractivity contribution in [2.75, 3.05) is 25.1 Å². The number of nitrogens with zero attached hydrogens (tertiary/aromatic N) is 2. The van der Waals surface area contributed by atoms with Crippen molar-refractivity contribution in [1.29, 1.82) is 0 Å². The fourth-order valence-electron chi connectivity index (χ4n) is 2.74. The highest BCUT2D eigenvalue weighted by atomic mass is 16.6. The lowest BCUT2D eigenvalue weighted by Gasteiger charge is -2.30. The van der Waals surface area contributed by atoms with E-state index in [1.54, 1.807) is 0 Å². The van der Waals surface area contributed by atoms with Crippen LogP contribution in [0.1, 0.15) is 17.5 Å². The number of anilines is 1. The molecular formula is C14H18N2O2. The maximum atomic E-state index is 11.9. The molecule has 3 rings (SSSR count). The van der Waals surface area contributed by atoms with Crippen LogP contribution in [-0.2, 0) is 11.3 Å². The fourth-order valence-corrected chi connectivity index (χ4v) is 2.74. The van der Waals surface area contributed by atoms with E-state index in [0.717, 1.165) is 25.2 Å². The van der Waals surface area contributed by atoms with Crippen molar-refractivity contribution in [2.24, 2.45) is 0 Å². The Hall–Kier alpha value is -1.55. The van der Waals surface area contributed by atoms with Crippen molar-refractivity contribution < 1.29 is 9.53 Å². The minimum Gasteiger partial charge on any atom is -0.447 e. The van der Waals surface area contributed by atoms with Crippen LogP contribution < -0.4 is 4.90 Å². The summed E-state index contributed by atoms with van der Waals surface area (Å²) in [5.74, 6) is 0. The Labute approximate surface area is 107 Å². The lowest BCUT2D eigenvalue weighted by atomic mass is 10.0. The predicted octanol–water partition coefficient (Wildman–Crippen LogP) is 2.16. The van der Waals surface area contributed by atoms with Crippen LogP contribution in [0.2, 0.25) is 0 Å². The van der Waals surface area contributed by atoms with Gasteiger partial charge in [-0.1, -0.05) is 12.1 Å². The third-order valence-electron chi connectivity index (χ3n) is 3.75. The molecule has 1 aromatic carbocycles. The third-order valence-corrected chi connectivity index (χ3v) is 3.75. The van der Waals surface area contributed by atoms with Crippen LogP contribution in [0.4, 0.5) is 10.5 Å². The van der Waals surface area contributed by atoms with Crippen LogP contribution >= 0.6 is 0 Å². The normalized spacial score (nSPS) is 24.0. The average Bonchev–Trinajstić information content (AvgIpc) is 2.68. The van der Waals surface area contributed by atoms with Crippen molar-refractivity contribution in [3.63, 3.8) is 0 Å². The van der Waals surface area contributed by atoms with Gasteiger partial charge in [0.15, 0.2) is 0 Å². The Morgan fingerprint density at radius 2 is 2.22 bits per heavy atom. The van der Waals surface area contributed by atoms with E-state index < -0.39 is 0 Å². The Bertz CT molecular complexity index is 487. The second kappa shape index (κ2) is 4.28. The molecule has 0 N–H and O–H groups in total. The first-order valence-corrected chi connectivity index (χ1v) is 6.39. The second-order valence-corrected chi connectivity index (χ2v) is 5.26. The number of fused-ring (bicyclic) bond motifs is 3. The topological polar surface area (TPSA) is 32.8 Å². The molecule has 1 saturated heterocycles. The smallest absolute Gasteiger partial charge is 0.414 e. The molecule has 1 atom stereocenters. The van der Waals surface area contributed by atoms with Gasteiger partial charge >= 0.3 is 6.09 Å². The first-order valence-electron chi connectivity index (χ1n) is 6.39. The molecule has 0 spiro atoms. The monoisotopic (exact) mass is 246 g/mol. The number of aryl methyl sites for hydroxylation is 1. The summed E-state index contributed by atoms with van der Waals surface area (Å²) in [7, 11) is 2.12. The zero-order valence-electron chi connectivity index (χ0n) is 10.8. The van der Waals surface area contributed by atoms with Gasteiger partial charge in [-0.25, -0.2) is 4.79 Å². The van der Waals surface area contributed by atoms with Gasteiger partial charge in [-0.3, -0.25) is 4.90 Å². The molecule has 0 saturated carbocycles. The number of carbonyl (C=O) groups excluding carboxylic acids is 1. The molecule has 0 radical (unpaired) electrons. The summed E-state index contributed by atoms with van der Waals surface area (Å²) < 4.78 is 5.21. The van der Waals surface area contributed by atoms with Crippen LogP contribution in [-0.4, -0.2) is 37.2 Å². The zero-order valence-corrected chi connectivity index (χ0v) is 10.8. The van der Waals surface area contributed by atoms with E-state index >= 15 is 0 Å². The van der Waals surface area contributed by atoms with Gasteiger partial charge in [-0.05, 0) is 37.6 Å². The summed E-state index contributed by atoms with van der Waals surface area (Å²) in [6.45, 7) is 4.44. The number of hydrogen-bond acceptors (Lipinski definition) is 3. The Kier molecular flexibility index (Phi) is 2.74. The maximum absolute atomic E-state index is 11.9. The second-order valence-electron chi connectivity index (χ2n) is 5.26. The van der Waals surface area contributed by atoms with Crippen LogP contribution in [0.5, 0.6) is 0 Å². The minimum atomic E-state index is -0.198. The van der Waals surface area contributed by atoms with E-state index in [0.29, 0.717) is 6.61 Å². The van der Waals surface area contributed by atoms with Gasteiger partial charge in [0.05, 0.1) is 11.7 Å². The molecule has 1 fully saturated rings. The number of ether oxygens (including phenoxy) is 1. The van der Waals surface area contributed by atoms with Gasteiger partial charge < -0.3 is 9.64 Å². The summed E-state index contributed by atoms with van der Waals surface area (Å²) in [5, 5.41) is 0. The average molecular weight is 246 g/mol. The van der Waals surface area contributed by atoms with Crippen LogP contribution in [0.25, 0.3) is 0 Å². The van der Waals surface area contributed by atoms with Gasteiger partial charge in [-0.15, -0.1) is 0 Å². The van der Waals surface area contributed by atoms with Crippen molar-refractivity contribution >= 4 is 11.8 Å². The van der Waals surface area contributed by atoms with Crippen molar-refractivity contribution in [2.45, 2.75) is 25.9 Å². The minimum absolute atomic E-state index is 0.181. The molecule has 0 unspecified atom stereocenters. The number of hydrogen-bond donors (Lipinski definition) is 0. The van der Waals surface area contributed by atoms with Crippen molar-refractivity contribution in [3.8, 4) is 0 Å². The third kappa shape index (κ3) is 1.86. The predicted molar refractivity (Wildman–Crippen MR) is 69.7 cm³/mol. The maximum Gasteiger partial charge on any atom is 0.414 e. The number of amides is 1. The van der Waals surface area contributed by atoms with E-state index in [-0.39, 0.29) is 12.1 Å². The summed E-state index contributed by atoms with van der Waals surface area (Å²) >= 11 is 0. The zero-order chi connectivity index (χ0) is 12.7. The summed E-state index contributed by atoms with van der Waals surface area (Å²) in [5.41, 5.74) is 3.40. The molecule has 1 aromatic rings. The summed E-state index contributed by atoms with van der Waals surface area (Å²) in [4.78, 5) is 16.1. The van der Waals surface area contributed by atoms with Gasteiger partial charge in [0.1, 0.15) is 6.61 Å². The van der Waals surface area contributed by atoms with E-state index in [4.69, 9.17) is 4.74 Å². The largest absolute Gasteiger partial charge is 0.447 e. The van der Waals surface area contributed by atoms with Crippen LogP contribution in [0.15, 0.2) is 18.2 Å². The molecule has 4 heteroatoms. The Balaban J connectivity index is 2.09. The fraction of sp³-hybridized carbons (Fsp3) is 0.500. The standard InChI is InChI=1S/C14H18N2O2/c1-10-3-4-11-8-15(2)6-5-12-9-18-14(17)16(12)13(11)7-10/h3-4,7,12H,5-6,8-9H2,1-2H3/t12-/m0/s1. The quantitative estimate of drug-likeness (QED) is 0.703. The van der Waals surface area contributed by atoms with E-state index in [1.807, 2.05) is 4.90 Å². The van der Waals surface area contributed by atoms with Gasteiger partial charge in [0.2, 0.25) is 0 Å². The lowest BCUT2D eigenvalue weighted by molar-refractivity contribution is 0.178. The van der Waals surface area contributed by atoms with E-state index in [9.17, 15) is 4.79 Å². The van der Waals surface area contributed by atoms with Crippen molar-refractivity contribution in [3.05, 3.63) is 29.3 Å². The number of benzene rings is 1. The van der Waals surface area contributed by atoms with Gasteiger partial charge in [0.25, 0.3) is 0 Å². The molecule has 96 valence electrons. The Morgan fingerprint density at radius 3 is 3.06 bits per heavy atom. The first kappa shape index (κ1) is 11.5. The molecule has 0 aliphatic carbocycles. The highest BCUT2D eigenvalue weighted by Crippen LogP contribution is 2.31. The molecule has 2 heterocycles.